The largest absolute Gasteiger partial charge is 0.502 e. The number of hydrogen-bond donors (Lipinski definition) is 3. The van der Waals surface area contributed by atoms with Crippen LogP contribution in [0.2, 0.25) is 0 Å². The Kier molecular flexibility index (Phi) is 6.02. The van der Waals surface area contributed by atoms with Crippen molar-refractivity contribution in [2.24, 2.45) is 0 Å². The molecule has 5 nitrogen and oxygen atoms in total. The van der Waals surface area contributed by atoms with E-state index in [9.17, 15) is 27.9 Å². The summed E-state index contributed by atoms with van der Waals surface area (Å²) in [6.45, 7) is 1.68. The lowest BCUT2D eigenvalue weighted by atomic mass is 9.96. The van der Waals surface area contributed by atoms with Crippen LogP contribution in [0.1, 0.15) is 35.7 Å². The summed E-state index contributed by atoms with van der Waals surface area (Å²) in [4.78, 5) is 22.9. The molecule has 0 aliphatic heterocycles. The van der Waals surface area contributed by atoms with Crippen molar-refractivity contribution < 1.29 is 18.3 Å². The normalized spacial score (nSPS) is 13.1. The van der Waals surface area contributed by atoms with Crippen LogP contribution in [-0.4, -0.2) is 5.11 Å². The number of hydrogen-bond acceptors (Lipinski definition) is 5. The van der Waals surface area contributed by atoms with E-state index in [0.717, 1.165) is 6.07 Å². The predicted octanol–water partition coefficient (Wildman–Crippen LogP) is 4.59. The molecule has 0 amide bonds. The molecule has 0 saturated carbocycles. The van der Waals surface area contributed by atoms with Gasteiger partial charge in [-0.2, -0.15) is 0 Å². The molecule has 3 N–H and O–H groups in total. The third kappa shape index (κ3) is 4.38. The van der Waals surface area contributed by atoms with E-state index >= 15 is 0 Å². The van der Waals surface area contributed by atoms with Gasteiger partial charge in [0.1, 0.15) is 11.5 Å². The van der Waals surface area contributed by atoms with Gasteiger partial charge in [-0.05, 0) is 48.4 Å². The molecule has 33 heavy (non-hydrogen) atoms. The number of benzene rings is 3. The van der Waals surface area contributed by atoms with E-state index in [4.69, 9.17) is 0 Å². The molecule has 2 atom stereocenters. The van der Waals surface area contributed by atoms with E-state index in [1.807, 2.05) is 0 Å². The minimum atomic E-state index is -0.960. The summed E-state index contributed by atoms with van der Waals surface area (Å²) in [7, 11) is 0. The first-order chi connectivity index (χ1) is 15.8. The Morgan fingerprint density at radius 1 is 0.848 bits per heavy atom. The topological polar surface area (TPSA) is 78.4 Å². The van der Waals surface area contributed by atoms with Crippen molar-refractivity contribution in [1.82, 2.24) is 5.32 Å². The second kappa shape index (κ2) is 8.91. The molecular formula is C25H19F3N2O3. The molecule has 0 fully saturated rings. The van der Waals surface area contributed by atoms with Gasteiger partial charge in [-0.1, -0.05) is 36.4 Å². The molecule has 1 unspecified atom stereocenters. The van der Waals surface area contributed by atoms with E-state index < -0.39 is 46.1 Å². The van der Waals surface area contributed by atoms with Crippen LogP contribution in [-0.2, 0) is 0 Å². The van der Waals surface area contributed by atoms with Gasteiger partial charge in [-0.25, -0.2) is 13.2 Å². The second-order valence-corrected chi connectivity index (χ2v) is 7.65. The van der Waals surface area contributed by atoms with E-state index in [2.05, 4.69) is 10.6 Å². The minimum Gasteiger partial charge on any atom is -0.502 e. The maximum Gasteiger partial charge on any atom is 0.271 e. The van der Waals surface area contributed by atoms with Gasteiger partial charge < -0.3 is 10.4 Å². The molecule has 4 aromatic carbocycles. The van der Waals surface area contributed by atoms with Gasteiger partial charge in [-0.15, -0.1) is 0 Å². The van der Waals surface area contributed by atoms with Gasteiger partial charge in [0, 0.05) is 17.3 Å². The summed E-state index contributed by atoms with van der Waals surface area (Å²) < 4.78 is 41.6. The molecule has 168 valence electrons. The molecule has 0 bridgehead atoms. The molecule has 4 aromatic rings. The monoisotopic (exact) mass is 452 g/mol. The fraction of sp³-hybridized carbons (Fsp3) is 0.120. The van der Waals surface area contributed by atoms with E-state index in [0.29, 0.717) is 16.8 Å². The van der Waals surface area contributed by atoms with Crippen LogP contribution in [0.3, 0.4) is 0 Å². The highest BCUT2D eigenvalue weighted by atomic mass is 19.2. The fourth-order valence-corrected chi connectivity index (χ4v) is 3.67. The Bertz CT molecular complexity index is 1380. The minimum absolute atomic E-state index is 0.130. The summed E-state index contributed by atoms with van der Waals surface area (Å²) in [6, 6.07) is 15.2. The van der Waals surface area contributed by atoms with Crippen molar-refractivity contribution in [2.75, 3.05) is 5.32 Å². The Hall–Kier alpha value is -3.91. The Morgan fingerprint density at radius 2 is 1.55 bits per heavy atom. The highest BCUT2D eigenvalue weighted by molar-refractivity contribution is 5.69. The number of aromatic hydroxyl groups is 1. The van der Waals surface area contributed by atoms with Crippen molar-refractivity contribution >= 4 is 11.4 Å². The first-order valence-electron chi connectivity index (χ1n) is 10.1. The summed E-state index contributed by atoms with van der Waals surface area (Å²) >= 11 is 0. The van der Waals surface area contributed by atoms with Crippen LogP contribution in [0, 0.1) is 17.5 Å². The number of rotatable bonds is 7. The summed E-state index contributed by atoms with van der Waals surface area (Å²) in [6.07, 6.45) is 0. The van der Waals surface area contributed by atoms with Gasteiger partial charge in [-0.3, -0.25) is 14.9 Å². The molecule has 0 aliphatic rings. The van der Waals surface area contributed by atoms with Gasteiger partial charge in [0.2, 0.25) is 0 Å². The molecule has 0 heterocycles. The molecule has 0 radical (unpaired) electrons. The van der Waals surface area contributed by atoms with Crippen LogP contribution in [0.5, 0.6) is 5.75 Å². The van der Waals surface area contributed by atoms with E-state index in [1.54, 1.807) is 43.3 Å². The zero-order chi connectivity index (χ0) is 23.7. The third-order valence-corrected chi connectivity index (χ3v) is 5.44. The average Bonchev–Trinajstić information content (AvgIpc) is 2.82. The van der Waals surface area contributed by atoms with E-state index in [-0.39, 0.29) is 11.3 Å². The molecule has 0 aliphatic carbocycles. The highest BCUT2D eigenvalue weighted by Crippen LogP contribution is 2.30. The standard InChI is InChI=1S/C25H19F3N2O3/c1-13(18-6-3-7-19(27)20(18)28)29-21(14-8-10-16(26)11-9-14)15-4-2-5-17(12-15)30-22-23(31)25(33)24(22)32/h2-13,21,29-31H,1H3/t13-,21?/m1/s1. The van der Waals surface area contributed by atoms with Crippen molar-refractivity contribution in [3.63, 3.8) is 0 Å². The van der Waals surface area contributed by atoms with Crippen molar-refractivity contribution in [2.45, 2.75) is 19.0 Å². The van der Waals surface area contributed by atoms with Crippen LogP contribution in [0.4, 0.5) is 24.5 Å². The fourth-order valence-electron chi connectivity index (χ4n) is 3.67. The van der Waals surface area contributed by atoms with Crippen LogP contribution >= 0.6 is 0 Å². The second-order valence-electron chi connectivity index (χ2n) is 7.65. The maximum atomic E-state index is 14.4. The summed E-state index contributed by atoms with van der Waals surface area (Å²) in [5.74, 6) is -2.97. The average molecular weight is 452 g/mol. The summed E-state index contributed by atoms with van der Waals surface area (Å²) in [5.41, 5.74) is -0.0912. The zero-order valence-corrected chi connectivity index (χ0v) is 17.4. The van der Waals surface area contributed by atoms with Crippen LogP contribution in [0.25, 0.3) is 0 Å². The molecule has 4 rings (SSSR count). The van der Waals surface area contributed by atoms with Gasteiger partial charge >= 0.3 is 0 Å². The summed E-state index contributed by atoms with van der Waals surface area (Å²) in [5, 5.41) is 15.6. The quantitative estimate of drug-likeness (QED) is 0.358. The van der Waals surface area contributed by atoms with Crippen molar-refractivity contribution in [3.8, 4) is 5.75 Å². The Morgan fingerprint density at radius 3 is 2.24 bits per heavy atom. The molecule has 0 spiro atoms. The van der Waals surface area contributed by atoms with Crippen molar-refractivity contribution in [3.05, 3.63) is 121 Å². The lowest BCUT2D eigenvalue weighted by Gasteiger charge is -2.25. The number of nitrogens with one attached hydrogen (secondary N) is 2. The lowest BCUT2D eigenvalue weighted by molar-refractivity contribution is 0.457. The van der Waals surface area contributed by atoms with Gasteiger partial charge in [0.05, 0.1) is 6.04 Å². The SMILES string of the molecule is C[C@@H](NC(c1ccc(F)cc1)c1cccc(Nc2c(O)c(=O)c2=O)c1)c1cccc(F)c1F. The third-order valence-electron chi connectivity index (χ3n) is 5.44. The maximum absolute atomic E-state index is 14.4. The van der Waals surface area contributed by atoms with Gasteiger partial charge in [0.15, 0.2) is 17.4 Å². The first kappa shape index (κ1) is 22.3. The number of anilines is 2. The first-order valence-corrected chi connectivity index (χ1v) is 10.1. The molecular weight excluding hydrogens is 433 g/mol. The number of halogens is 3. The van der Waals surface area contributed by atoms with Crippen LogP contribution in [0.15, 0.2) is 76.3 Å². The Labute approximate surface area is 186 Å². The smallest absolute Gasteiger partial charge is 0.271 e. The van der Waals surface area contributed by atoms with Crippen molar-refractivity contribution in [1.29, 1.82) is 0 Å². The molecule has 0 aromatic heterocycles. The predicted molar refractivity (Wildman–Crippen MR) is 119 cm³/mol. The van der Waals surface area contributed by atoms with E-state index in [1.165, 1.54) is 24.3 Å². The van der Waals surface area contributed by atoms with Gasteiger partial charge in [0.25, 0.3) is 10.9 Å². The molecule has 8 heteroatoms. The highest BCUT2D eigenvalue weighted by Gasteiger charge is 2.23. The van der Waals surface area contributed by atoms with Crippen LogP contribution < -0.4 is 21.5 Å². The Balaban J connectivity index is 1.69. The zero-order valence-electron chi connectivity index (χ0n) is 17.4. The molecule has 0 saturated heterocycles. The lowest BCUT2D eigenvalue weighted by Crippen LogP contribution is -2.32.